The number of aliphatic imine (C=N–C) groups is 1. The van der Waals surface area contributed by atoms with Crippen LogP contribution in [0.2, 0.25) is 0 Å². The van der Waals surface area contributed by atoms with Gasteiger partial charge in [0.2, 0.25) is 5.88 Å². The Labute approximate surface area is 122 Å². The van der Waals surface area contributed by atoms with Gasteiger partial charge in [-0.25, -0.2) is 20.1 Å². The number of hydrogen-bond acceptors (Lipinski definition) is 6. The van der Waals surface area contributed by atoms with Crippen molar-refractivity contribution in [2.24, 2.45) is 10.4 Å². The Balaban J connectivity index is 0.000000211. The number of H-pyrrole nitrogens is 1. The second kappa shape index (κ2) is 5.63. The summed E-state index contributed by atoms with van der Waals surface area (Å²) in [4.78, 5) is 32.3. The number of rotatable bonds is 0. The second-order valence-electron chi connectivity index (χ2n) is 6.58. The molecular formula is C13H22N4O4. The number of nitrogens with one attached hydrogen (secondary N) is 2. The highest BCUT2D eigenvalue weighted by atomic mass is 16.7. The van der Waals surface area contributed by atoms with Crippen LogP contribution in [0.5, 0.6) is 0 Å². The smallest absolute Gasteiger partial charge is 0.361 e. The van der Waals surface area contributed by atoms with Crippen molar-refractivity contribution in [3.8, 4) is 0 Å². The quantitative estimate of drug-likeness (QED) is 0.752. The Morgan fingerprint density at radius 2 is 1.71 bits per heavy atom. The highest BCUT2D eigenvalue weighted by Gasteiger charge is 2.23. The largest absolute Gasteiger partial charge is 0.440 e. The first-order chi connectivity index (χ1) is 9.41. The summed E-state index contributed by atoms with van der Waals surface area (Å²) in [5.74, 6) is 0.548. The zero-order valence-electron chi connectivity index (χ0n) is 13.2. The van der Waals surface area contributed by atoms with E-state index >= 15 is 0 Å². The third kappa shape index (κ3) is 4.66. The normalized spacial score (nSPS) is 14.8. The third-order valence-corrected chi connectivity index (χ3v) is 2.39. The summed E-state index contributed by atoms with van der Waals surface area (Å²) in [6, 6.07) is 0. The van der Waals surface area contributed by atoms with Crippen LogP contribution in [-0.4, -0.2) is 15.6 Å². The van der Waals surface area contributed by atoms with Crippen LogP contribution in [0.3, 0.4) is 0 Å². The zero-order chi connectivity index (χ0) is 16.4. The molecule has 1 aliphatic heterocycles. The van der Waals surface area contributed by atoms with E-state index in [1.54, 1.807) is 20.8 Å². The summed E-state index contributed by atoms with van der Waals surface area (Å²) in [6.07, 6.45) is 0. The Kier molecular flexibility index (Phi) is 4.50. The van der Waals surface area contributed by atoms with E-state index in [1.807, 2.05) is 4.98 Å². The van der Waals surface area contributed by atoms with Crippen LogP contribution in [0.15, 0.2) is 31.6 Å². The summed E-state index contributed by atoms with van der Waals surface area (Å²) < 4.78 is 5.58. The SMILES string of the molecule is C=C1N=C(C(C)(C)C)NO1.CC(C)(C)n1oc(=O)[nH]c1=O. The van der Waals surface area contributed by atoms with Crippen molar-refractivity contribution in [2.45, 2.75) is 47.1 Å². The number of aromatic amines is 1. The van der Waals surface area contributed by atoms with Crippen molar-refractivity contribution in [1.29, 1.82) is 0 Å². The standard InChI is InChI=1S/C7H12N2O.C6H10N2O3/c1-5-8-6(9-10-5)7(2,3)4;1-6(2,3)8-4(9)7-5(10)11-8/h1H2,2-4H3,(H,8,9);1-3H3,(H,7,9,10). The summed E-state index contributed by atoms with van der Waals surface area (Å²) in [7, 11) is 0. The molecule has 0 bridgehead atoms. The van der Waals surface area contributed by atoms with Gasteiger partial charge in [0.25, 0.3) is 0 Å². The molecule has 21 heavy (non-hydrogen) atoms. The molecule has 0 atom stereocenters. The van der Waals surface area contributed by atoms with Gasteiger partial charge in [-0.1, -0.05) is 20.8 Å². The van der Waals surface area contributed by atoms with Crippen molar-refractivity contribution in [3.05, 3.63) is 33.5 Å². The lowest BCUT2D eigenvalue weighted by Gasteiger charge is -2.16. The summed E-state index contributed by atoms with van der Waals surface area (Å²) in [6.45, 7) is 15.0. The highest BCUT2D eigenvalue weighted by Crippen LogP contribution is 2.19. The van der Waals surface area contributed by atoms with Gasteiger partial charge in [0.15, 0.2) is 0 Å². The van der Waals surface area contributed by atoms with Crippen molar-refractivity contribution in [1.82, 2.24) is 15.2 Å². The number of nitrogens with zero attached hydrogens (tertiary/aromatic N) is 2. The molecule has 0 saturated carbocycles. The molecule has 0 aliphatic carbocycles. The van der Waals surface area contributed by atoms with Gasteiger partial charge < -0.3 is 9.36 Å². The molecule has 1 aliphatic rings. The second-order valence-corrected chi connectivity index (χ2v) is 6.58. The Bertz CT molecular complexity index is 649. The fraction of sp³-hybridized carbons (Fsp3) is 0.615. The molecule has 8 nitrogen and oxygen atoms in total. The van der Waals surface area contributed by atoms with E-state index in [-0.39, 0.29) is 5.41 Å². The molecule has 0 spiro atoms. The van der Waals surface area contributed by atoms with Gasteiger partial charge in [-0.05, 0) is 27.4 Å². The predicted molar refractivity (Wildman–Crippen MR) is 78.8 cm³/mol. The fourth-order valence-electron chi connectivity index (χ4n) is 1.33. The van der Waals surface area contributed by atoms with Crippen molar-refractivity contribution in [3.63, 3.8) is 0 Å². The van der Waals surface area contributed by atoms with Crippen LogP contribution in [0.1, 0.15) is 41.5 Å². The fourth-order valence-corrected chi connectivity index (χ4v) is 1.33. The Morgan fingerprint density at radius 3 is 1.90 bits per heavy atom. The highest BCUT2D eigenvalue weighted by molar-refractivity contribution is 5.88. The molecule has 8 heteroatoms. The summed E-state index contributed by atoms with van der Waals surface area (Å²) >= 11 is 0. The lowest BCUT2D eigenvalue weighted by molar-refractivity contribution is 0.147. The topological polar surface area (TPSA) is 102 Å². The maximum absolute atomic E-state index is 10.9. The minimum Gasteiger partial charge on any atom is -0.361 e. The van der Waals surface area contributed by atoms with E-state index in [2.05, 4.69) is 42.3 Å². The van der Waals surface area contributed by atoms with Crippen LogP contribution in [0.25, 0.3) is 0 Å². The number of aromatic nitrogens is 2. The van der Waals surface area contributed by atoms with Gasteiger partial charge in [-0.15, -0.1) is 4.74 Å². The lowest BCUT2D eigenvalue weighted by atomic mass is 9.95. The first-order valence-corrected chi connectivity index (χ1v) is 6.45. The monoisotopic (exact) mass is 298 g/mol. The molecule has 2 N–H and O–H groups in total. The van der Waals surface area contributed by atoms with Crippen molar-refractivity contribution in [2.75, 3.05) is 0 Å². The molecule has 1 aromatic heterocycles. The third-order valence-electron chi connectivity index (χ3n) is 2.39. The van der Waals surface area contributed by atoms with Gasteiger partial charge >= 0.3 is 11.4 Å². The summed E-state index contributed by atoms with van der Waals surface area (Å²) in [5, 5.41) is 0. The van der Waals surface area contributed by atoms with E-state index < -0.39 is 17.0 Å². The van der Waals surface area contributed by atoms with E-state index in [1.165, 1.54) is 0 Å². The van der Waals surface area contributed by atoms with Crippen LogP contribution in [0.4, 0.5) is 0 Å². The minimum absolute atomic E-state index is 0.0133. The van der Waals surface area contributed by atoms with Crippen LogP contribution < -0.4 is 16.9 Å². The predicted octanol–water partition coefficient (Wildman–Crippen LogP) is 1.32. The minimum atomic E-state index is -0.718. The van der Waals surface area contributed by atoms with E-state index in [9.17, 15) is 9.59 Å². The molecule has 1 aromatic rings. The van der Waals surface area contributed by atoms with E-state index in [0.717, 1.165) is 10.6 Å². The molecule has 0 unspecified atom stereocenters. The first kappa shape index (κ1) is 16.8. The molecule has 0 saturated heterocycles. The van der Waals surface area contributed by atoms with Crippen molar-refractivity contribution >= 4 is 5.84 Å². The molecule has 2 rings (SSSR count). The van der Waals surface area contributed by atoms with Crippen LogP contribution in [-0.2, 0) is 10.4 Å². The maximum atomic E-state index is 10.9. The Morgan fingerprint density at radius 1 is 1.14 bits per heavy atom. The van der Waals surface area contributed by atoms with Gasteiger partial charge in [-0.3, -0.25) is 0 Å². The van der Waals surface area contributed by atoms with Gasteiger partial charge in [-0.2, -0.15) is 4.99 Å². The molecular weight excluding hydrogens is 276 g/mol. The summed E-state index contributed by atoms with van der Waals surface area (Å²) in [5.41, 5.74) is 1.71. The first-order valence-electron chi connectivity index (χ1n) is 6.45. The average molecular weight is 298 g/mol. The molecule has 2 heterocycles. The van der Waals surface area contributed by atoms with Gasteiger partial charge in [0, 0.05) is 5.41 Å². The van der Waals surface area contributed by atoms with Gasteiger partial charge in [0.05, 0.1) is 5.54 Å². The average Bonchev–Trinajstić information content (AvgIpc) is 2.84. The maximum Gasteiger partial charge on any atom is 0.440 e. The molecule has 0 radical (unpaired) electrons. The van der Waals surface area contributed by atoms with E-state index in [0.29, 0.717) is 5.88 Å². The van der Waals surface area contributed by atoms with Gasteiger partial charge in [0.1, 0.15) is 5.84 Å². The van der Waals surface area contributed by atoms with Crippen molar-refractivity contribution < 1.29 is 9.36 Å². The van der Waals surface area contributed by atoms with Crippen LogP contribution >= 0.6 is 0 Å². The number of hydrogen-bond donors (Lipinski definition) is 2. The zero-order valence-corrected chi connectivity index (χ0v) is 13.2. The lowest BCUT2D eigenvalue weighted by Crippen LogP contribution is -2.31. The number of amidine groups is 1. The van der Waals surface area contributed by atoms with Crippen LogP contribution in [0, 0.1) is 5.41 Å². The molecule has 0 aromatic carbocycles. The van der Waals surface area contributed by atoms with E-state index in [4.69, 9.17) is 4.84 Å². The Hall–Kier alpha value is -2.25. The molecule has 0 amide bonds. The number of hydroxylamine groups is 1. The molecule has 118 valence electrons. The molecule has 0 fully saturated rings.